The highest BCUT2D eigenvalue weighted by molar-refractivity contribution is 5.63. The molecule has 0 unspecified atom stereocenters. The lowest BCUT2D eigenvalue weighted by atomic mass is 10.1. The normalized spacial score (nSPS) is 16.6. The summed E-state index contributed by atoms with van der Waals surface area (Å²) in [5, 5.41) is 11.9. The van der Waals surface area contributed by atoms with Gasteiger partial charge in [0.2, 0.25) is 5.95 Å². The Morgan fingerprint density at radius 1 is 1.04 bits per heavy atom. The summed E-state index contributed by atoms with van der Waals surface area (Å²) in [7, 11) is 0. The van der Waals surface area contributed by atoms with Gasteiger partial charge in [-0.2, -0.15) is 0 Å². The van der Waals surface area contributed by atoms with E-state index in [1.54, 1.807) is 23.0 Å². The summed E-state index contributed by atoms with van der Waals surface area (Å²) in [6.07, 6.45) is 7.41. The molecule has 0 bridgehead atoms. The summed E-state index contributed by atoms with van der Waals surface area (Å²) in [5.41, 5.74) is 3.35. The first kappa shape index (κ1) is 16.6. The Labute approximate surface area is 160 Å². The smallest absolute Gasteiger partial charge is 0.225 e. The predicted octanol–water partition coefficient (Wildman–Crippen LogP) is 3.74. The summed E-state index contributed by atoms with van der Waals surface area (Å²) >= 11 is 0. The monoisotopic (exact) mass is 375 g/mol. The van der Waals surface area contributed by atoms with Gasteiger partial charge in [0.25, 0.3) is 0 Å². The van der Waals surface area contributed by atoms with Crippen LogP contribution in [0.25, 0.3) is 5.52 Å². The number of hydrogen-bond donors (Lipinski definition) is 1. The van der Waals surface area contributed by atoms with Gasteiger partial charge in [-0.3, -0.25) is 0 Å². The zero-order chi connectivity index (χ0) is 18.9. The molecule has 1 saturated heterocycles. The summed E-state index contributed by atoms with van der Waals surface area (Å²) in [6, 6.07) is 12.2. The van der Waals surface area contributed by atoms with E-state index in [2.05, 4.69) is 30.5 Å². The largest absolute Gasteiger partial charge is 0.354 e. The van der Waals surface area contributed by atoms with Crippen molar-refractivity contribution < 1.29 is 4.39 Å². The van der Waals surface area contributed by atoms with Crippen LogP contribution < -0.4 is 10.2 Å². The van der Waals surface area contributed by atoms with Crippen LogP contribution >= 0.6 is 0 Å². The van der Waals surface area contributed by atoms with Crippen molar-refractivity contribution in [1.82, 2.24) is 24.8 Å². The van der Waals surface area contributed by atoms with Gasteiger partial charge in [0, 0.05) is 24.6 Å². The lowest BCUT2D eigenvalue weighted by Gasteiger charge is -2.22. The molecule has 1 aliphatic rings. The molecule has 0 saturated carbocycles. The van der Waals surface area contributed by atoms with E-state index in [1.807, 2.05) is 30.5 Å². The first-order valence-electron chi connectivity index (χ1n) is 9.19. The van der Waals surface area contributed by atoms with Gasteiger partial charge in [-0.15, -0.1) is 5.10 Å². The van der Waals surface area contributed by atoms with Gasteiger partial charge >= 0.3 is 0 Å². The molecule has 0 radical (unpaired) electrons. The molecule has 1 aliphatic heterocycles. The highest BCUT2D eigenvalue weighted by Gasteiger charge is 2.31. The van der Waals surface area contributed by atoms with Gasteiger partial charge in [0.15, 0.2) is 0 Å². The van der Waals surface area contributed by atoms with Crippen molar-refractivity contribution in [3.05, 3.63) is 72.6 Å². The number of rotatable bonds is 4. The highest BCUT2D eigenvalue weighted by atomic mass is 19.1. The quantitative estimate of drug-likeness (QED) is 0.586. The molecular formula is C20H18FN7. The van der Waals surface area contributed by atoms with Crippen molar-refractivity contribution in [2.24, 2.45) is 0 Å². The fourth-order valence-corrected chi connectivity index (χ4v) is 3.69. The van der Waals surface area contributed by atoms with E-state index in [9.17, 15) is 4.39 Å². The van der Waals surface area contributed by atoms with Crippen molar-refractivity contribution in [1.29, 1.82) is 0 Å². The summed E-state index contributed by atoms with van der Waals surface area (Å²) in [6.45, 7) is 0.896. The molecule has 1 aromatic carbocycles. The van der Waals surface area contributed by atoms with Crippen LogP contribution in [-0.2, 0) is 0 Å². The van der Waals surface area contributed by atoms with Crippen LogP contribution in [0.15, 0.2) is 61.1 Å². The maximum Gasteiger partial charge on any atom is 0.225 e. The number of aromatic nitrogens is 5. The van der Waals surface area contributed by atoms with Crippen molar-refractivity contribution >= 4 is 22.8 Å². The lowest BCUT2D eigenvalue weighted by molar-refractivity contribution is 0.628. The molecule has 0 aliphatic carbocycles. The van der Waals surface area contributed by atoms with Gasteiger partial charge in [-0.1, -0.05) is 11.3 Å². The fraction of sp³-hybridized carbons (Fsp3) is 0.200. The molecule has 140 valence electrons. The van der Waals surface area contributed by atoms with Crippen molar-refractivity contribution in [3.63, 3.8) is 0 Å². The second-order valence-electron chi connectivity index (χ2n) is 6.76. The van der Waals surface area contributed by atoms with Crippen LogP contribution in [0.2, 0.25) is 0 Å². The molecule has 1 fully saturated rings. The number of pyridine rings is 1. The van der Waals surface area contributed by atoms with Crippen LogP contribution in [0.1, 0.15) is 24.6 Å². The standard InChI is InChI=1S/C20H18FN7/c21-14-4-1-5-15(12-14)24-16-7-8-18-19(25-26-28(18)13-16)17-6-2-11-27(17)20-22-9-3-10-23-20/h1,3-5,7-10,12-13,17,24H,2,6,11H2/t17-/m1/s1. The maximum absolute atomic E-state index is 13.4. The highest BCUT2D eigenvalue weighted by Crippen LogP contribution is 2.35. The first-order chi connectivity index (χ1) is 13.8. The SMILES string of the molecule is Fc1cccc(Nc2ccc3c([C@H]4CCCN4c4ncccn4)nnn3c2)c1. The zero-order valence-corrected chi connectivity index (χ0v) is 15.0. The minimum Gasteiger partial charge on any atom is -0.354 e. The first-order valence-corrected chi connectivity index (χ1v) is 9.19. The maximum atomic E-state index is 13.4. The molecule has 28 heavy (non-hydrogen) atoms. The van der Waals surface area contributed by atoms with Gasteiger partial charge in [0.05, 0.1) is 23.4 Å². The van der Waals surface area contributed by atoms with E-state index in [-0.39, 0.29) is 11.9 Å². The molecule has 8 heteroatoms. The number of anilines is 3. The zero-order valence-electron chi connectivity index (χ0n) is 15.0. The van der Waals surface area contributed by atoms with Crippen LogP contribution in [0.5, 0.6) is 0 Å². The number of hydrogen-bond acceptors (Lipinski definition) is 6. The predicted molar refractivity (Wildman–Crippen MR) is 104 cm³/mol. The minimum atomic E-state index is -0.279. The molecule has 5 rings (SSSR count). The molecule has 1 atom stereocenters. The van der Waals surface area contributed by atoms with Crippen molar-refractivity contribution in [2.75, 3.05) is 16.8 Å². The van der Waals surface area contributed by atoms with Gasteiger partial charge in [-0.05, 0) is 49.2 Å². The Morgan fingerprint density at radius 3 is 2.79 bits per heavy atom. The van der Waals surface area contributed by atoms with E-state index >= 15 is 0 Å². The average Bonchev–Trinajstić information content (AvgIpc) is 3.35. The van der Waals surface area contributed by atoms with Crippen LogP contribution in [0.4, 0.5) is 21.7 Å². The Morgan fingerprint density at radius 2 is 1.93 bits per heavy atom. The Kier molecular flexibility index (Phi) is 4.08. The van der Waals surface area contributed by atoms with Gasteiger partial charge < -0.3 is 10.2 Å². The molecule has 4 heterocycles. The van der Waals surface area contributed by atoms with Gasteiger partial charge in [0.1, 0.15) is 11.5 Å². The van der Waals surface area contributed by atoms with Crippen molar-refractivity contribution in [3.8, 4) is 0 Å². The van der Waals surface area contributed by atoms with Gasteiger partial charge in [-0.25, -0.2) is 18.9 Å². The van der Waals surface area contributed by atoms with Crippen LogP contribution in [0, 0.1) is 5.82 Å². The lowest BCUT2D eigenvalue weighted by Crippen LogP contribution is -2.24. The average molecular weight is 375 g/mol. The second-order valence-corrected chi connectivity index (χ2v) is 6.76. The molecule has 7 nitrogen and oxygen atoms in total. The fourth-order valence-electron chi connectivity index (χ4n) is 3.69. The Hall–Kier alpha value is -3.55. The third-order valence-corrected chi connectivity index (χ3v) is 4.93. The summed E-state index contributed by atoms with van der Waals surface area (Å²) in [4.78, 5) is 11.0. The molecule has 4 aromatic rings. The van der Waals surface area contributed by atoms with Crippen molar-refractivity contribution in [2.45, 2.75) is 18.9 Å². The van der Waals surface area contributed by atoms with E-state index in [1.165, 1.54) is 12.1 Å². The molecule has 0 spiro atoms. The third kappa shape index (κ3) is 3.02. The number of benzene rings is 1. The Bertz CT molecular complexity index is 1110. The summed E-state index contributed by atoms with van der Waals surface area (Å²) in [5.74, 6) is 0.439. The van der Waals surface area contributed by atoms with E-state index in [4.69, 9.17) is 0 Å². The number of nitrogens with one attached hydrogen (secondary N) is 1. The van der Waals surface area contributed by atoms with E-state index in [0.717, 1.165) is 42.2 Å². The molecule has 0 amide bonds. The van der Waals surface area contributed by atoms with E-state index in [0.29, 0.717) is 5.69 Å². The Balaban J connectivity index is 1.45. The number of fused-ring (bicyclic) bond motifs is 1. The third-order valence-electron chi connectivity index (χ3n) is 4.93. The van der Waals surface area contributed by atoms with Crippen LogP contribution in [0.3, 0.4) is 0 Å². The number of halogens is 1. The summed E-state index contributed by atoms with van der Waals surface area (Å²) < 4.78 is 15.1. The number of nitrogens with zero attached hydrogens (tertiary/aromatic N) is 6. The topological polar surface area (TPSA) is 71.2 Å². The van der Waals surface area contributed by atoms with Crippen LogP contribution in [-0.4, -0.2) is 31.3 Å². The minimum absolute atomic E-state index is 0.0990. The van der Waals surface area contributed by atoms with E-state index < -0.39 is 0 Å². The molecular weight excluding hydrogens is 357 g/mol. The second kappa shape index (κ2) is 6.88. The molecule has 3 aromatic heterocycles. The molecule has 1 N–H and O–H groups in total.